The second-order valence-electron chi connectivity index (χ2n) is 4.93. The van der Waals surface area contributed by atoms with Gasteiger partial charge in [-0.15, -0.1) is 0 Å². The molecule has 112 valence electrons. The standard InChI is InChI=1S/C17H20ClNO2/c1-11(12-7-5-4-6-8-12)16(19)13-9-10-14(20-2)15(18)17(13)21-3/h4-11,16H,19H2,1-3H3. The number of halogens is 1. The molecule has 0 radical (unpaired) electrons. The summed E-state index contributed by atoms with van der Waals surface area (Å²) in [7, 11) is 3.16. The van der Waals surface area contributed by atoms with Crippen LogP contribution in [0, 0.1) is 0 Å². The van der Waals surface area contributed by atoms with Crippen molar-refractivity contribution in [1.29, 1.82) is 0 Å². The number of hydrogen-bond acceptors (Lipinski definition) is 3. The lowest BCUT2D eigenvalue weighted by molar-refractivity contribution is 0.386. The summed E-state index contributed by atoms with van der Waals surface area (Å²) < 4.78 is 10.6. The van der Waals surface area contributed by atoms with Crippen molar-refractivity contribution in [2.45, 2.75) is 18.9 Å². The third-order valence-electron chi connectivity index (χ3n) is 3.74. The first kappa shape index (κ1) is 15.7. The minimum absolute atomic E-state index is 0.143. The van der Waals surface area contributed by atoms with E-state index >= 15 is 0 Å². The maximum Gasteiger partial charge on any atom is 0.146 e. The molecule has 0 spiro atoms. The number of methoxy groups -OCH3 is 2. The van der Waals surface area contributed by atoms with Gasteiger partial charge in [0.1, 0.15) is 16.5 Å². The molecule has 21 heavy (non-hydrogen) atoms. The Morgan fingerprint density at radius 3 is 2.24 bits per heavy atom. The van der Waals surface area contributed by atoms with Crippen molar-refractivity contribution in [3.63, 3.8) is 0 Å². The smallest absolute Gasteiger partial charge is 0.146 e. The minimum Gasteiger partial charge on any atom is -0.495 e. The average Bonchev–Trinajstić information content (AvgIpc) is 2.54. The quantitative estimate of drug-likeness (QED) is 0.902. The molecule has 4 heteroatoms. The maximum absolute atomic E-state index is 6.43. The summed E-state index contributed by atoms with van der Waals surface area (Å²) >= 11 is 6.30. The SMILES string of the molecule is COc1ccc(C(N)C(C)c2ccccc2)c(OC)c1Cl. The van der Waals surface area contributed by atoms with Gasteiger partial charge in [0.05, 0.1) is 14.2 Å². The van der Waals surface area contributed by atoms with Gasteiger partial charge < -0.3 is 15.2 Å². The Bertz CT molecular complexity index is 601. The molecule has 0 aromatic heterocycles. The normalized spacial score (nSPS) is 13.6. The van der Waals surface area contributed by atoms with Gasteiger partial charge in [-0.3, -0.25) is 0 Å². The molecular formula is C17H20ClNO2. The van der Waals surface area contributed by atoms with Crippen molar-refractivity contribution < 1.29 is 9.47 Å². The third kappa shape index (κ3) is 3.14. The summed E-state index contributed by atoms with van der Waals surface area (Å²) in [6.45, 7) is 2.09. The Labute approximate surface area is 130 Å². The molecule has 2 atom stereocenters. The minimum atomic E-state index is -0.217. The van der Waals surface area contributed by atoms with Crippen LogP contribution in [-0.2, 0) is 0 Å². The Kier molecular flexibility index (Phi) is 5.10. The van der Waals surface area contributed by atoms with Crippen molar-refractivity contribution in [2.24, 2.45) is 5.73 Å². The lowest BCUT2D eigenvalue weighted by Crippen LogP contribution is -2.18. The lowest BCUT2D eigenvalue weighted by Gasteiger charge is -2.23. The zero-order valence-corrected chi connectivity index (χ0v) is 13.2. The number of ether oxygens (including phenoxy) is 2. The van der Waals surface area contributed by atoms with Gasteiger partial charge in [0, 0.05) is 17.5 Å². The topological polar surface area (TPSA) is 44.5 Å². The summed E-state index contributed by atoms with van der Waals surface area (Å²) in [5, 5.41) is 0.452. The fourth-order valence-electron chi connectivity index (χ4n) is 2.41. The van der Waals surface area contributed by atoms with E-state index in [1.807, 2.05) is 30.3 Å². The van der Waals surface area contributed by atoms with E-state index in [-0.39, 0.29) is 12.0 Å². The zero-order valence-electron chi connectivity index (χ0n) is 12.5. The molecule has 2 N–H and O–H groups in total. The number of hydrogen-bond donors (Lipinski definition) is 1. The van der Waals surface area contributed by atoms with Gasteiger partial charge in [0.25, 0.3) is 0 Å². The van der Waals surface area contributed by atoms with Crippen LogP contribution in [0.4, 0.5) is 0 Å². The highest BCUT2D eigenvalue weighted by Gasteiger charge is 2.23. The maximum atomic E-state index is 6.43. The average molecular weight is 306 g/mol. The van der Waals surface area contributed by atoms with Crippen LogP contribution in [0.25, 0.3) is 0 Å². The first-order valence-electron chi connectivity index (χ1n) is 6.81. The predicted octanol–water partition coefficient (Wildman–Crippen LogP) is 4.16. The van der Waals surface area contributed by atoms with Gasteiger partial charge in [-0.2, -0.15) is 0 Å². The molecule has 0 heterocycles. The van der Waals surface area contributed by atoms with E-state index < -0.39 is 0 Å². The highest BCUT2D eigenvalue weighted by atomic mass is 35.5. The van der Waals surface area contributed by atoms with E-state index in [0.29, 0.717) is 16.5 Å². The number of benzene rings is 2. The van der Waals surface area contributed by atoms with E-state index in [2.05, 4.69) is 19.1 Å². The molecule has 0 saturated carbocycles. The molecule has 0 saturated heterocycles. The number of nitrogens with two attached hydrogens (primary N) is 1. The highest BCUT2D eigenvalue weighted by molar-refractivity contribution is 6.33. The molecule has 2 aromatic carbocycles. The Balaban J connectivity index is 2.39. The van der Waals surface area contributed by atoms with E-state index in [9.17, 15) is 0 Å². The second kappa shape index (κ2) is 6.83. The van der Waals surface area contributed by atoms with E-state index in [1.54, 1.807) is 14.2 Å². The van der Waals surface area contributed by atoms with Gasteiger partial charge in [-0.25, -0.2) is 0 Å². The molecule has 0 fully saturated rings. The van der Waals surface area contributed by atoms with Crippen LogP contribution >= 0.6 is 11.6 Å². The van der Waals surface area contributed by atoms with Crippen molar-refractivity contribution >= 4 is 11.6 Å². The molecule has 3 nitrogen and oxygen atoms in total. The molecule has 0 aliphatic rings. The molecule has 2 rings (SSSR count). The Hall–Kier alpha value is -1.71. The van der Waals surface area contributed by atoms with E-state index in [0.717, 1.165) is 5.56 Å². The second-order valence-corrected chi connectivity index (χ2v) is 5.31. The van der Waals surface area contributed by atoms with Crippen LogP contribution in [0.2, 0.25) is 5.02 Å². The van der Waals surface area contributed by atoms with Crippen LogP contribution in [0.1, 0.15) is 30.0 Å². The van der Waals surface area contributed by atoms with E-state index in [1.165, 1.54) is 5.56 Å². The van der Waals surface area contributed by atoms with Crippen molar-refractivity contribution in [3.05, 3.63) is 58.6 Å². The first-order chi connectivity index (χ1) is 10.1. The van der Waals surface area contributed by atoms with Gasteiger partial charge >= 0.3 is 0 Å². The van der Waals surface area contributed by atoms with Gasteiger partial charge in [-0.1, -0.05) is 48.9 Å². The molecule has 2 unspecified atom stereocenters. The van der Waals surface area contributed by atoms with Crippen LogP contribution in [0.15, 0.2) is 42.5 Å². The summed E-state index contributed by atoms with van der Waals surface area (Å²) in [6, 6.07) is 13.7. The summed E-state index contributed by atoms with van der Waals surface area (Å²) in [5.74, 6) is 1.30. The monoisotopic (exact) mass is 305 g/mol. The Morgan fingerprint density at radius 2 is 1.67 bits per heavy atom. The van der Waals surface area contributed by atoms with Crippen molar-refractivity contribution in [1.82, 2.24) is 0 Å². The van der Waals surface area contributed by atoms with E-state index in [4.69, 9.17) is 26.8 Å². The van der Waals surface area contributed by atoms with Crippen LogP contribution in [0.5, 0.6) is 11.5 Å². The van der Waals surface area contributed by atoms with Crippen molar-refractivity contribution in [3.8, 4) is 11.5 Å². The summed E-state index contributed by atoms with van der Waals surface area (Å²) in [4.78, 5) is 0. The zero-order chi connectivity index (χ0) is 15.4. The Morgan fingerprint density at radius 1 is 1.00 bits per heavy atom. The molecule has 0 bridgehead atoms. The number of rotatable bonds is 5. The predicted molar refractivity (Wildman–Crippen MR) is 86.3 cm³/mol. The first-order valence-corrected chi connectivity index (χ1v) is 7.18. The molecular weight excluding hydrogens is 286 g/mol. The highest BCUT2D eigenvalue weighted by Crippen LogP contribution is 2.42. The third-order valence-corrected chi connectivity index (χ3v) is 4.10. The molecule has 0 aliphatic carbocycles. The van der Waals surface area contributed by atoms with Gasteiger partial charge in [0.15, 0.2) is 0 Å². The molecule has 2 aromatic rings. The van der Waals surface area contributed by atoms with Crippen LogP contribution in [-0.4, -0.2) is 14.2 Å². The fraction of sp³-hybridized carbons (Fsp3) is 0.294. The molecule has 0 aliphatic heterocycles. The lowest BCUT2D eigenvalue weighted by atomic mass is 9.88. The molecule has 0 amide bonds. The summed E-state index contributed by atoms with van der Waals surface area (Å²) in [5.41, 5.74) is 8.48. The largest absolute Gasteiger partial charge is 0.495 e. The van der Waals surface area contributed by atoms with Crippen LogP contribution in [0.3, 0.4) is 0 Å². The van der Waals surface area contributed by atoms with Gasteiger partial charge in [0.2, 0.25) is 0 Å². The summed E-state index contributed by atoms with van der Waals surface area (Å²) in [6.07, 6.45) is 0. The van der Waals surface area contributed by atoms with Gasteiger partial charge in [-0.05, 0) is 17.7 Å². The fourth-order valence-corrected chi connectivity index (χ4v) is 2.74. The van der Waals surface area contributed by atoms with Crippen LogP contribution < -0.4 is 15.2 Å². The van der Waals surface area contributed by atoms with Crippen molar-refractivity contribution in [2.75, 3.05) is 14.2 Å².